The zero-order valence-corrected chi connectivity index (χ0v) is 13.3. The van der Waals surface area contributed by atoms with Gasteiger partial charge < -0.3 is 5.32 Å². The van der Waals surface area contributed by atoms with E-state index in [0.29, 0.717) is 6.04 Å². The molecule has 1 N–H and O–H groups in total. The van der Waals surface area contributed by atoms with Crippen molar-refractivity contribution in [3.8, 4) is 0 Å². The topological polar surface area (TPSA) is 12.0 Å². The second-order valence-corrected chi connectivity index (χ2v) is 6.11. The Balaban J connectivity index is 2.09. The third-order valence-electron chi connectivity index (χ3n) is 3.37. The Morgan fingerprint density at radius 1 is 1.10 bits per heavy atom. The minimum atomic E-state index is 0.404. The average Bonchev–Trinajstić information content (AvgIpc) is 2.46. The van der Waals surface area contributed by atoms with E-state index in [9.17, 15) is 0 Å². The molecule has 1 unspecified atom stereocenters. The molecule has 2 rings (SSSR count). The number of nitrogens with one attached hydrogen (secondary N) is 1. The summed E-state index contributed by atoms with van der Waals surface area (Å²) >= 11 is 1.92. The van der Waals surface area contributed by atoms with Crippen molar-refractivity contribution in [1.82, 2.24) is 5.32 Å². The lowest BCUT2D eigenvalue weighted by Crippen LogP contribution is -2.18. The largest absolute Gasteiger partial charge is 0.310 e. The number of thioether (sulfide) groups is 1. The molecule has 2 heteroatoms. The third-order valence-corrected chi connectivity index (χ3v) is 4.53. The number of rotatable bonds is 6. The maximum absolute atomic E-state index is 3.50. The Bertz CT molecular complexity index is 551. The van der Waals surface area contributed by atoms with Crippen LogP contribution in [0.25, 0.3) is 0 Å². The van der Waals surface area contributed by atoms with Crippen LogP contribution in [0.3, 0.4) is 0 Å². The summed E-state index contributed by atoms with van der Waals surface area (Å²) in [6.45, 7) is 7.53. The van der Waals surface area contributed by atoms with Crippen LogP contribution in [0.15, 0.2) is 53.4 Å². The highest BCUT2D eigenvalue weighted by Crippen LogP contribution is 2.30. The van der Waals surface area contributed by atoms with Crippen LogP contribution in [0.1, 0.15) is 36.6 Å². The molecule has 0 bridgehead atoms. The van der Waals surface area contributed by atoms with Crippen LogP contribution in [0.4, 0.5) is 0 Å². The molecule has 0 saturated carbocycles. The van der Waals surface area contributed by atoms with Gasteiger partial charge in [-0.2, -0.15) is 0 Å². The van der Waals surface area contributed by atoms with Gasteiger partial charge in [0, 0.05) is 16.7 Å². The van der Waals surface area contributed by atoms with E-state index in [4.69, 9.17) is 0 Å². The van der Waals surface area contributed by atoms with E-state index in [0.717, 1.165) is 12.3 Å². The van der Waals surface area contributed by atoms with Crippen LogP contribution >= 0.6 is 11.8 Å². The first kappa shape index (κ1) is 15.1. The average molecular weight is 285 g/mol. The molecule has 0 fully saturated rings. The first-order valence-corrected chi connectivity index (χ1v) is 8.20. The smallest absolute Gasteiger partial charge is 0.0302 e. The molecule has 0 aliphatic rings. The maximum atomic E-state index is 3.50. The Morgan fingerprint density at radius 3 is 2.65 bits per heavy atom. The van der Waals surface area contributed by atoms with Gasteiger partial charge >= 0.3 is 0 Å². The van der Waals surface area contributed by atoms with E-state index in [-0.39, 0.29) is 0 Å². The lowest BCUT2D eigenvalue weighted by atomic mass is 10.1. The first-order chi connectivity index (χ1) is 9.70. The minimum absolute atomic E-state index is 0.404. The van der Waals surface area contributed by atoms with E-state index in [1.54, 1.807) is 0 Å². The summed E-state index contributed by atoms with van der Waals surface area (Å²) in [5, 5.41) is 3.50. The lowest BCUT2D eigenvalue weighted by Gasteiger charge is -2.16. The van der Waals surface area contributed by atoms with Crippen molar-refractivity contribution in [2.45, 2.75) is 37.5 Å². The summed E-state index contributed by atoms with van der Waals surface area (Å²) in [7, 11) is 0. The van der Waals surface area contributed by atoms with Crippen molar-refractivity contribution in [2.75, 3.05) is 6.54 Å². The maximum Gasteiger partial charge on any atom is 0.0302 e. The van der Waals surface area contributed by atoms with Crippen molar-refractivity contribution in [3.63, 3.8) is 0 Å². The molecule has 1 nitrogen and oxygen atoms in total. The molecular weight excluding hydrogens is 262 g/mol. The van der Waals surface area contributed by atoms with E-state index >= 15 is 0 Å². The summed E-state index contributed by atoms with van der Waals surface area (Å²) in [4.78, 5) is 1.38. The summed E-state index contributed by atoms with van der Waals surface area (Å²) in [5.41, 5.74) is 4.12. The highest BCUT2D eigenvalue weighted by molar-refractivity contribution is 7.98. The van der Waals surface area contributed by atoms with E-state index in [1.807, 2.05) is 11.8 Å². The van der Waals surface area contributed by atoms with Gasteiger partial charge in [0.05, 0.1) is 0 Å². The Labute approximate surface area is 126 Å². The van der Waals surface area contributed by atoms with Crippen molar-refractivity contribution >= 4 is 11.8 Å². The predicted molar refractivity (Wildman–Crippen MR) is 89.3 cm³/mol. The minimum Gasteiger partial charge on any atom is -0.310 e. The molecule has 0 radical (unpaired) electrons. The predicted octanol–water partition coefficient (Wildman–Crippen LogP) is 4.96. The van der Waals surface area contributed by atoms with Crippen LogP contribution in [0, 0.1) is 6.92 Å². The highest BCUT2D eigenvalue weighted by atomic mass is 32.2. The standard InChI is InChI=1S/C18H23NS/c1-4-19-15(3)17-10-5-6-11-18(17)20-13-16-9-7-8-14(2)12-16/h5-12,15,19H,4,13H2,1-3H3. The van der Waals surface area contributed by atoms with E-state index in [1.165, 1.54) is 21.6 Å². The SMILES string of the molecule is CCNC(C)c1ccccc1SCc1cccc(C)c1. The lowest BCUT2D eigenvalue weighted by molar-refractivity contribution is 0.590. The number of aryl methyl sites for hydroxylation is 1. The van der Waals surface area contributed by atoms with Crippen LogP contribution in [-0.2, 0) is 5.75 Å². The van der Waals surface area contributed by atoms with Gasteiger partial charge in [0.2, 0.25) is 0 Å². The van der Waals surface area contributed by atoms with Crippen LogP contribution in [0.2, 0.25) is 0 Å². The van der Waals surface area contributed by atoms with Crippen molar-refractivity contribution in [3.05, 3.63) is 65.2 Å². The number of benzene rings is 2. The van der Waals surface area contributed by atoms with E-state index in [2.05, 4.69) is 74.6 Å². The zero-order chi connectivity index (χ0) is 14.4. The fourth-order valence-corrected chi connectivity index (χ4v) is 3.44. The summed E-state index contributed by atoms with van der Waals surface area (Å²) in [6.07, 6.45) is 0. The van der Waals surface area contributed by atoms with Gasteiger partial charge in [-0.3, -0.25) is 0 Å². The molecule has 0 heterocycles. The fourth-order valence-electron chi connectivity index (χ4n) is 2.35. The molecule has 0 aromatic heterocycles. The van der Waals surface area contributed by atoms with Gasteiger partial charge in [-0.25, -0.2) is 0 Å². The second-order valence-electron chi connectivity index (χ2n) is 5.09. The van der Waals surface area contributed by atoms with Gasteiger partial charge in [-0.15, -0.1) is 11.8 Å². The van der Waals surface area contributed by atoms with Crippen LogP contribution < -0.4 is 5.32 Å². The molecule has 1 atom stereocenters. The molecule has 2 aromatic carbocycles. The van der Waals surface area contributed by atoms with Gasteiger partial charge in [0.1, 0.15) is 0 Å². The van der Waals surface area contributed by atoms with Gasteiger partial charge in [0.15, 0.2) is 0 Å². The summed E-state index contributed by atoms with van der Waals surface area (Å²) in [5.74, 6) is 1.03. The van der Waals surface area contributed by atoms with Gasteiger partial charge in [-0.1, -0.05) is 55.0 Å². The fraction of sp³-hybridized carbons (Fsp3) is 0.333. The molecule has 0 amide bonds. The van der Waals surface area contributed by atoms with Gasteiger partial charge in [0.25, 0.3) is 0 Å². The first-order valence-electron chi connectivity index (χ1n) is 7.21. The highest BCUT2D eigenvalue weighted by Gasteiger charge is 2.09. The second kappa shape index (κ2) is 7.51. The normalized spacial score (nSPS) is 12.3. The van der Waals surface area contributed by atoms with Gasteiger partial charge in [-0.05, 0) is 37.6 Å². The number of hydrogen-bond acceptors (Lipinski definition) is 2. The summed E-state index contributed by atoms with van der Waals surface area (Å²) in [6, 6.07) is 17.9. The number of hydrogen-bond donors (Lipinski definition) is 1. The summed E-state index contributed by atoms with van der Waals surface area (Å²) < 4.78 is 0. The monoisotopic (exact) mass is 285 g/mol. The molecule has 2 aromatic rings. The van der Waals surface area contributed by atoms with Crippen LogP contribution in [-0.4, -0.2) is 6.54 Å². The molecule has 0 spiro atoms. The Morgan fingerprint density at radius 2 is 1.90 bits per heavy atom. The molecule has 20 heavy (non-hydrogen) atoms. The van der Waals surface area contributed by atoms with Crippen molar-refractivity contribution in [1.29, 1.82) is 0 Å². The third kappa shape index (κ3) is 4.12. The van der Waals surface area contributed by atoms with Crippen LogP contribution in [0.5, 0.6) is 0 Å². The molecule has 0 aliphatic heterocycles. The quantitative estimate of drug-likeness (QED) is 0.753. The molecule has 0 saturated heterocycles. The molecule has 0 aliphatic carbocycles. The van der Waals surface area contributed by atoms with E-state index < -0.39 is 0 Å². The van der Waals surface area contributed by atoms with Crippen molar-refractivity contribution in [2.24, 2.45) is 0 Å². The molecular formula is C18H23NS. The Hall–Kier alpha value is -1.25. The molecule has 106 valence electrons. The zero-order valence-electron chi connectivity index (χ0n) is 12.5. The Kier molecular flexibility index (Phi) is 5.69. The van der Waals surface area contributed by atoms with Crippen molar-refractivity contribution < 1.29 is 0 Å².